The summed E-state index contributed by atoms with van der Waals surface area (Å²) in [5.74, 6) is 2.52. The number of fused-ring (bicyclic) bond motifs is 3. The van der Waals surface area contributed by atoms with Crippen molar-refractivity contribution in [2.45, 2.75) is 79.1 Å². The van der Waals surface area contributed by atoms with Crippen LogP contribution in [-0.2, 0) is 14.4 Å². The van der Waals surface area contributed by atoms with Crippen LogP contribution in [0.3, 0.4) is 0 Å². The van der Waals surface area contributed by atoms with Gasteiger partial charge in [0.15, 0.2) is 0 Å². The number of nitrogens with zero attached hydrogens (tertiary/aromatic N) is 1. The third-order valence-electron chi connectivity index (χ3n) is 8.52. The number of hydrogen-bond donors (Lipinski definition) is 0. The van der Waals surface area contributed by atoms with Crippen LogP contribution in [0, 0.1) is 34.5 Å². The molecule has 0 heterocycles. The van der Waals surface area contributed by atoms with Crippen molar-refractivity contribution in [1.82, 2.24) is 0 Å². The highest BCUT2D eigenvalue weighted by atomic mass is 16.7. The lowest BCUT2D eigenvalue weighted by atomic mass is 9.47. The van der Waals surface area contributed by atoms with Gasteiger partial charge in [0.1, 0.15) is 6.29 Å². The first-order valence-corrected chi connectivity index (χ1v) is 10.7. The van der Waals surface area contributed by atoms with Crippen LogP contribution in [0.5, 0.6) is 0 Å². The van der Waals surface area contributed by atoms with E-state index in [1.165, 1.54) is 37.7 Å². The molecule has 0 bridgehead atoms. The van der Waals surface area contributed by atoms with Gasteiger partial charge in [-0.2, -0.15) is 0 Å². The second kappa shape index (κ2) is 7.89. The highest BCUT2D eigenvalue weighted by Crippen LogP contribution is 2.66. The minimum Gasteiger partial charge on any atom is -0.322 e. The van der Waals surface area contributed by atoms with E-state index < -0.39 is 0 Å². The normalized spacial score (nSPS) is 43.1. The topological polar surface area (TPSA) is 55.7 Å². The zero-order valence-corrected chi connectivity index (χ0v) is 17.4. The van der Waals surface area contributed by atoms with Gasteiger partial charge in [-0.1, -0.05) is 37.9 Å². The first-order valence-electron chi connectivity index (χ1n) is 10.7. The maximum absolute atomic E-state index is 11.2. The molecule has 0 N–H and O–H groups in total. The van der Waals surface area contributed by atoms with Gasteiger partial charge in [0.2, 0.25) is 0 Å². The molecule has 150 valence electrons. The van der Waals surface area contributed by atoms with Crippen molar-refractivity contribution in [3.8, 4) is 0 Å². The van der Waals surface area contributed by atoms with Crippen molar-refractivity contribution in [2.75, 3.05) is 0 Å². The fourth-order valence-corrected chi connectivity index (χ4v) is 7.40. The summed E-state index contributed by atoms with van der Waals surface area (Å²) in [6, 6.07) is 0. The molecule has 3 rings (SSSR count). The molecular weight excluding hydrogens is 338 g/mol. The Bertz CT molecular complexity index is 640. The van der Waals surface area contributed by atoms with Crippen LogP contribution >= 0.6 is 0 Å². The molecule has 0 aromatic carbocycles. The fraction of sp³-hybridized carbons (Fsp3) is 0.783. The van der Waals surface area contributed by atoms with Crippen LogP contribution in [0.25, 0.3) is 0 Å². The number of allylic oxidation sites excluding steroid dienone is 2. The minimum atomic E-state index is 0.168. The monoisotopic (exact) mass is 373 g/mol. The quantitative estimate of drug-likeness (QED) is 0.208. The largest absolute Gasteiger partial charge is 0.323 e. The van der Waals surface area contributed by atoms with Crippen molar-refractivity contribution in [3.63, 3.8) is 0 Å². The summed E-state index contributed by atoms with van der Waals surface area (Å²) in [6.07, 6.45) is 12.3. The van der Waals surface area contributed by atoms with Gasteiger partial charge in [-0.25, -0.2) is 0 Å². The molecule has 27 heavy (non-hydrogen) atoms. The second-order valence-electron chi connectivity index (χ2n) is 9.52. The molecular formula is C23H35NO3. The van der Waals surface area contributed by atoms with Crippen molar-refractivity contribution < 1.29 is 14.4 Å². The molecule has 3 aliphatic rings. The predicted octanol–water partition coefficient (Wildman–Crippen LogP) is 5.32. The van der Waals surface area contributed by atoms with Crippen LogP contribution in [0.4, 0.5) is 0 Å². The van der Waals surface area contributed by atoms with Gasteiger partial charge in [0.05, 0.1) is 5.71 Å². The van der Waals surface area contributed by atoms with Crippen LogP contribution < -0.4 is 0 Å². The van der Waals surface area contributed by atoms with E-state index in [0.29, 0.717) is 24.2 Å². The van der Waals surface area contributed by atoms with E-state index in [0.717, 1.165) is 37.2 Å². The first-order chi connectivity index (χ1) is 12.9. The summed E-state index contributed by atoms with van der Waals surface area (Å²) in [6.45, 7) is 9.55. The molecule has 0 spiro atoms. The molecule has 3 saturated carbocycles. The number of aldehydes is 1. The lowest BCUT2D eigenvalue weighted by molar-refractivity contribution is -0.128. The second-order valence-corrected chi connectivity index (χ2v) is 9.52. The Morgan fingerprint density at radius 2 is 1.96 bits per heavy atom. The minimum absolute atomic E-state index is 0.168. The van der Waals surface area contributed by atoms with Crippen molar-refractivity contribution in [1.29, 1.82) is 0 Å². The van der Waals surface area contributed by atoms with Gasteiger partial charge in [-0.15, -0.1) is 0 Å². The SMILES string of the molecule is CCCC1(C)/C(=C\C=O)CCC2C1CCC1(C)C(/C(C)=N/OC=O)CCC21. The number of carbonyl (C=O) groups excluding carboxylic acids is 2. The Kier molecular flexibility index (Phi) is 5.93. The van der Waals surface area contributed by atoms with E-state index in [9.17, 15) is 9.59 Å². The molecule has 0 aromatic rings. The molecule has 0 radical (unpaired) electrons. The van der Waals surface area contributed by atoms with E-state index in [-0.39, 0.29) is 10.8 Å². The maximum atomic E-state index is 11.2. The van der Waals surface area contributed by atoms with Crippen LogP contribution in [0.15, 0.2) is 16.8 Å². The third-order valence-corrected chi connectivity index (χ3v) is 8.52. The van der Waals surface area contributed by atoms with Gasteiger partial charge < -0.3 is 4.84 Å². The van der Waals surface area contributed by atoms with Gasteiger partial charge in [-0.05, 0) is 86.5 Å². The summed E-state index contributed by atoms with van der Waals surface area (Å²) < 4.78 is 0. The summed E-state index contributed by atoms with van der Waals surface area (Å²) in [4.78, 5) is 26.5. The van der Waals surface area contributed by atoms with Crippen molar-refractivity contribution in [2.24, 2.45) is 39.7 Å². The average molecular weight is 374 g/mol. The molecule has 0 saturated heterocycles. The zero-order chi connectivity index (χ0) is 19.7. The van der Waals surface area contributed by atoms with E-state index in [1.54, 1.807) is 0 Å². The molecule has 3 fully saturated rings. The predicted molar refractivity (Wildman–Crippen MR) is 107 cm³/mol. The van der Waals surface area contributed by atoms with Crippen LogP contribution in [0.1, 0.15) is 79.1 Å². The van der Waals surface area contributed by atoms with E-state index in [4.69, 9.17) is 4.84 Å². The summed E-state index contributed by atoms with van der Waals surface area (Å²) in [7, 11) is 0. The van der Waals surface area contributed by atoms with E-state index in [1.807, 2.05) is 13.0 Å². The van der Waals surface area contributed by atoms with E-state index >= 15 is 0 Å². The number of carbonyl (C=O) groups is 2. The van der Waals surface area contributed by atoms with Gasteiger partial charge in [0, 0.05) is 5.92 Å². The summed E-state index contributed by atoms with van der Waals surface area (Å²) in [5, 5.41) is 4.06. The Balaban J connectivity index is 1.89. The van der Waals surface area contributed by atoms with Crippen molar-refractivity contribution in [3.05, 3.63) is 11.6 Å². The number of hydrogen-bond acceptors (Lipinski definition) is 4. The average Bonchev–Trinajstić information content (AvgIpc) is 3.00. The zero-order valence-electron chi connectivity index (χ0n) is 17.4. The highest BCUT2D eigenvalue weighted by molar-refractivity contribution is 5.85. The van der Waals surface area contributed by atoms with Crippen LogP contribution in [0.2, 0.25) is 0 Å². The van der Waals surface area contributed by atoms with Gasteiger partial charge in [0.25, 0.3) is 0 Å². The Morgan fingerprint density at radius 3 is 2.63 bits per heavy atom. The number of oxime groups is 1. The fourth-order valence-electron chi connectivity index (χ4n) is 7.40. The van der Waals surface area contributed by atoms with Crippen molar-refractivity contribution >= 4 is 18.5 Å². The lowest BCUT2D eigenvalue weighted by Gasteiger charge is -2.57. The Hall–Kier alpha value is -1.45. The molecule has 3 aliphatic carbocycles. The standard InChI is InChI=1S/C23H35NO3/c1-5-12-22(3)17(11-14-25)6-7-18-20-9-8-19(16(2)24-27-15-26)23(20,4)13-10-21(18)22/h11,14-15,18-21H,5-10,12-13H2,1-4H3/b17-11-,24-16+. The third kappa shape index (κ3) is 3.30. The Morgan fingerprint density at radius 1 is 1.19 bits per heavy atom. The summed E-state index contributed by atoms with van der Waals surface area (Å²) in [5.41, 5.74) is 2.77. The smallest absolute Gasteiger partial charge is 0.322 e. The maximum Gasteiger partial charge on any atom is 0.323 e. The molecule has 4 nitrogen and oxygen atoms in total. The summed E-state index contributed by atoms with van der Waals surface area (Å²) >= 11 is 0. The molecule has 4 heteroatoms. The molecule has 6 atom stereocenters. The Labute approximate surface area is 163 Å². The molecule has 0 aromatic heterocycles. The molecule has 0 amide bonds. The number of rotatable bonds is 6. The molecule has 0 aliphatic heterocycles. The first kappa shape index (κ1) is 20.3. The molecule has 6 unspecified atom stereocenters. The van der Waals surface area contributed by atoms with Crippen LogP contribution in [-0.4, -0.2) is 18.5 Å². The lowest BCUT2D eigenvalue weighted by Crippen LogP contribution is -2.50. The van der Waals surface area contributed by atoms with Gasteiger partial charge in [-0.3, -0.25) is 9.59 Å². The van der Waals surface area contributed by atoms with Gasteiger partial charge >= 0.3 is 6.47 Å². The highest BCUT2D eigenvalue weighted by Gasteiger charge is 2.58. The van der Waals surface area contributed by atoms with E-state index in [2.05, 4.69) is 25.9 Å².